The number of likely N-dealkylation sites (N-methyl/N-ethyl adjacent to an activating group) is 1. The SMILES string of the molecule is CN1CC(c2noc(-c3cn(C)cn3)n2)C2(CCOCC2)C1. The number of imidazole rings is 1. The van der Waals surface area contributed by atoms with Crippen LogP contribution in [0, 0.1) is 5.41 Å². The third-order valence-electron chi connectivity index (χ3n) is 4.98. The Morgan fingerprint density at radius 3 is 2.82 bits per heavy atom. The number of nitrogens with zero attached hydrogens (tertiary/aromatic N) is 5. The van der Waals surface area contributed by atoms with Crippen molar-refractivity contribution >= 4 is 0 Å². The number of hydrogen-bond donors (Lipinski definition) is 0. The van der Waals surface area contributed by atoms with Gasteiger partial charge in [-0.05, 0) is 25.3 Å². The molecule has 0 bridgehead atoms. The van der Waals surface area contributed by atoms with Gasteiger partial charge in [0, 0.05) is 45.5 Å². The molecule has 2 aliphatic heterocycles. The molecule has 2 aliphatic rings. The van der Waals surface area contributed by atoms with Crippen molar-refractivity contribution in [2.45, 2.75) is 18.8 Å². The molecule has 0 saturated carbocycles. The van der Waals surface area contributed by atoms with Crippen molar-refractivity contribution in [1.29, 1.82) is 0 Å². The Morgan fingerprint density at radius 1 is 1.27 bits per heavy atom. The summed E-state index contributed by atoms with van der Waals surface area (Å²) in [7, 11) is 4.09. The molecule has 4 heterocycles. The van der Waals surface area contributed by atoms with Crippen LogP contribution in [0.4, 0.5) is 0 Å². The van der Waals surface area contributed by atoms with Gasteiger partial charge < -0.3 is 18.7 Å². The highest BCUT2D eigenvalue weighted by molar-refractivity contribution is 5.44. The summed E-state index contributed by atoms with van der Waals surface area (Å²) >= 11 is 0. The molecule has 4 rings (SSSR count). The van der Waals surface area contributed by atoms with E-state index >= 15 is 0 Å². The molecule has 2 fully saturated rings. The summed E-state index contributed by atoms with van der Waals surface area (Å²) in [4.78, 5) is 11.3. The van der Waals surface area contributed by atoms with Crippen LogP contribution in [-0.2, 0) is 11.8 Å². The van der Waals surface area contributed by atoms with Gasteiger partial charge in [-0.15, -0.1) is 0 Å². The maximum absolute atomic E-state index is 5.56. The quantitative estimate of drug-likeness (QED) is 0.833. The maximum Gasteiger partial charge on any atom is 0.278 e. The van der Waals surface area contributed by atoms with Gasteiger partial charge >= 0.3 is 0 Å². The van der Waals surface area contributed by atoms with E-state index in [1.54, 1.807) is 6.33 Å². The molecule has 7 nitrogen and oxygen atoms in total. The monoisotopic (exact) mass is 303 g/mol. The molecule has 118 valence electrons. The molecule has 1 unspecified atom stereocenters. The van der Waals surface area contributed by atoms with Crippen LogP contribution in [0.3, 0.4) is 0 Å². The summed E-state index contributed by atoms with van der Waals surface area (Å²) in [6, 6.07) is 0. The number of hydrogen-bond acceptors (Lipinski definition) is 6. The van der Waals surface area contributed by atoms with Gasteiger partial charge in [0.1, 0.15) is 5.69 Å². The molecule has 0 radical (unpaired) electrons. The largest absolute Gasteiger partial charge is 0.381 e. The molecule has 1 spiro atoms. The topological polar surface area (TPSA) is 69.2 Å². The Hall–Kier alpha value is -1.73. The normalized spacial score (nSPS) is 25.1. The fourth-order valence-electron chi connectivity index (χ4n) is 3.86. The summed E-state index contributed by atoms with van der Waals surface area (Å²) in [5, 5.41) is 4.26. The first-order valence-corrected chi connectivity index (χ1v) is 7.74. The average Bonchev–Trinajstić information content (AvgIpc) is 3.19. The van der Waals surface area contributed by atoms with Crippen LogP contribution in [0.2, 0.25) is 0 Å². The Kier molecular flexibility index (Phi) is 3.27. The van der Waals surface area contributed by atoms with Gasteiger partial charge in [0.2, 0.25) is 0 Å². The lowest BCUT2D eigenvalue weighted by molar-refractivity contribution is 0.0118. The van der Waals surface area contributed by atoms with E-state index in [9.17, 15) is 0 Å². The van der Waals surface area contributed by atoms with Crippen LogP contribution in [-0.4, -0.2) is 57.9 Å². The van der Waals surface area contributed by atoms with E-state index in [1.165, 1.54) is 0 Å². The van der Waals surface area contributed by atoms with E-state index in [0.717, 1.165) is 50.7 Å². The zero-order valence-corrected chi connectivity index (χ0v) is 13.0. The summed E-state index contributed by atoms with van der Waals surface area (Å²) in [5.41, 5.74) is 0.951. The van der Waals surface area contributed by atoms with Crippen molar-refractivity contribution in [3.05, 3.63) is 18.3 Å². The molecule has 0 aliphatic carbocycles. The second-order valence-electron chi connectivity index (χ2n) is 6.61. The van der Waals surface area contributed by atoms with Crippen LogP contribution in [0.25, 0.3) is 11.6 Å². The van der Waals surface area contributed by atoms with Crippen LogP contribution in [0.1, 0.15) is 24.6 Å². The smallest absolute Gasteiger partial charge is 0.278 e. The van der Waals surface area contributed by atoms with E-state index in [-0.39, 0.29) is 5.41 Å². The van der Waals surface area contributed by atoms with Gasteiger partial charge in [0.25, 0.3) is 5.89 Å². The molecule has 0 aromatic carbocycles. The number of ether oxygens (including phenoxy) is 1. The first-order valence-electron chi connectivity index (χ1n) is 7.74. The van der Waals surface area contributed by atoms with Crippen molar-refractivity contribution < 1.29 is 9.26 Å². The maximum atomic E-state index is 5.56. The molecule has 0 N–H and O–H groups in total. The van der Waals surface area contributed by atoms with E-state index in [2.05, 4.69) is 27.1 Å². The summed E-state index contributed by atoms with van der Waals surface area (Å²) in [6.45, 7) is 3.71. The van der Waals surface area contributed by atoms with E-state index in [4.69, 9.17) is 9.26 Å². The molecule has 7 heteroatoms. The fraction of sp³-hybridized carbons (Fsp3) is 0.667. The second-order valence-corrected chi connectivity index (χ2v) is 6.61. The Morgan fingerprint density at radius 2 is 2.09 bits per heavy atom. The minimum absolute atomic E-state index is 0.220. The third kappa shape index (κ3) is 2.24. The molecule has 2 aromatic heterocycles. The molecular formula is C15H21N5O2. The Labute approximate surface area is 129 Å². The molecule has 22 heavy (non-hydrogen) atoms. The van der Waals surface area contributed by atoms with Gasteiger partial charge in [-0.25, -0.2) is 4.98 Å². The molecular weight excluding hydrogens is 282 g/mol. The zero-order chi connectivity index (χ0) is 15.2. The predicted molar refractivity (Wildman–Crippen MR) is 79.2 cm³/mol. The van der Waals surface area contributed by atoms with Crippen molar-refractivity contribution in [3.8, 4) is 11.6 Å². The average molecular weight is 303 g/mol. The lowest BCUT2D eigenvalue weighted by Gasteiger charge is -2.36. The van der Waals surface area contributed by atoms with Gasteiger partial charge in [-0.2, -0.15) is 4.98 Å². The van der Waals surface area contributed by atoms with Crippen molar-refractivity contribution in [3.63, 3.8) is 0 Å². The highest BCUT2D eigenvalue weighted by atomic mass is 16.5. The number of likely N-dealkylation sites (tertiary alicyclic amines) is 1. The predicted octanol–water partition coefficient (Wildman–Crippen LogP) is 1.30. The lowest BCUT2D eigenvalue weighted by Crippen LogP contribution is -2.36. The van der Waals surface area contributed by atoms with Gasteiger partial charge in [0.15, 0.2) is 5.82 Å². The highest BCUT2D eigenvalue weighted by Gasteiger charge is 2.48. The zero-order valence-electron chi connectivity index (χ0n) is 13.0. The first kappa shape index (κ1) is 13.9. The van der Waals surface area contributed by atoms with Crippen LogP contribution in [0.5, 0.6) is 0 Å². The van der Waals surface area contributed by atoms with Crippen molar-refractivity contribution in [2.24, 2.45) is 12.5 Å². The number of rotatable bonds is 2. The van der Waals surface area contributed by atoms with Gasteiger partial charge in [0.05, 0.1) is 6.33 Å². The Balaban J connectivity index is 1.64. The standard InChI is InChI=1S/C15H21N5O2/c1-19-7-11(15(9-19)3-5-21-6-4-15)13-17-14(22-18-13)12-8-20(2)10-16-12/h8,10-11H,3-7,9H2,1-2H3. The van der Waals surface area contributed by atoms with Crippen molar-refractivity contribution in [1.82, 2.24) is 24.6 Å². The highest BCUT2D eigenvalue weighted by Crippen LogP contribution is 2.48. The van der Waals surface area contributed by atoms with E-state index < -0.39 is 0 Å². The van der Waals surface area contributed by atoms with E-state index in [1.807, 2.05) is 17.8 Å². The summed E-state index contributed by atoms with van der Waals surface area (Å²) in [6.07, 6.45) is 5.76. The first-order chi connectivity index (χ1) is 10.7. The third-order valence-corrected chi connectivity index (χ3v) is 4.98. The molecule has 2 aromatic rings. The lowest BCUT2D eigenvalue weighted by atomic mass is 9.72. The molecule has 0 amide bonds. The fourth-order valence-corrected chi connectivity index (χ4v) is 3.86. The van der Waals surface area contributed by atoms with E-state index in [0.29, 0.717) is 11.8 Å². The van der Waals surface area contributed by atoms with Crippen LogP contribution >= 0.6 is 0 Å². The Bertz CT molecular complexity index is 658. The van der Waals surface area contributed by atoms with Gasteiger partial charge in [-0.3, -0.25) is 0 Å². The summed E-state index contributed by atoms with van der Waals surface area (Å²) in [5.74, 6) is 1.63. The van der Waals surface area contributed by atoms with Gasteiger partial charge in [-0.1, -0.05) is 5.16 Å². The minimum atomic E-state index is 0.220. The number of aryl methyl sites for hydroxylation is 1. The second kappa shape index (κ2) is 5.17. The molecule has 2 saturated heterocycles. The summed E-state index contributed by atoms with van der Waals surface area (Å²) < 4.78 is 12.9. The minimum Gasteiger partial charge on any atom is -0.381 e. The molecule has 1 atom stereocenters. The number of aromatic nitrogens is 4. The van der Waals surface area contributed by atoms with Crippen LogP contribution in [0.15, 0.2) is 17.0 Å². The van der Waals surface area contributed by atoms with Crippen LogP contribution < -0.4 is 0 Å². The van der Waals surface area contributed by atoms with Crippen molar-refractivity contribution in [2.75, 3.05) is 33.4 Å².